The Hall–Kier alpha value is -1.30. The number of rotatable bonds is 3. The van der Waals surface area contributed by atoms with Crippen LogP contribution in [0, 0.1) is 5.41 Å². The molecule has 0 aromatic carbocycles. The highest BCUT2D eigenvalue weighted by Crippen LogP contribution is 2.33. The highest BCUT2D eigenvalue weighted by molar-refractivity contribution is 6.78. The van der Waals surface area contributed by atoms with E-state index < -0.39 is 32.4 Å². The smallest absolute Gasteiger partial charge is 0.344 e. The van der Waals surface area contributed by atoms with Crippen LogP contribution in [0.3, 0.4) is 0 Å². The Bertz CT molecular complexity index is 602. The topological polar surface area (TPSA) is 83.3 Å². The predicted molar refractivity (Wildman–Crippen MR) is 87.6 cm³/mol. The molecule has 0 aliphatic carbocycles. The molecular weight excluding hydrogens is 351 g/mol. The molecule has 120 valence electrons. The van der Waals surface area contributed by atoms with Gasteiger partial charge in [0.1, 0.15) is 22.6 Å². The Morgan fingerprint density at radius 3 is 2.14 bits per heavy atom. The molecule has 0 radical (unpaired) electrons. The number of carbonyl (C=O) groups excluding carboxylic acids is 1. The van der Waals surface area contributed by atoms with Gasteiger partial charge in [-0.2, -0.15) is 0 Å². The summed E-state index contributed by atoms with van der Waals surface area (Å²) in [7, 11) is 0. The Morgan fingerprint density at radius 2 is 1.73 bits per heavy atom. The lowest BCUT2D eigenvalue weighted by Crippen LogP contribution is -2.32. The van der Waals surface area contributed by atoms with Gasteiger partial charge in [-0.05, 0) is 32.9 Å². The second-order valence-corrected chi connectivity index (χ2v) is 7.62. The summed E-state index contributed by atoms with van der Waals surface area (Å²) in [5.74, 6) is -1.48. The van der Waals surface area contributed by atoms with Crippen LogP contribution in [0.25, 0.3) is 5.76 Å². The second kappa shape index (κ2) is 6.86. The summed E-state index contributed by atoms with van der Waals surface area (Å²) in [6.07, 6.45) is 2.83. The van der Waals surface area contributed by atoms with Crippen molar-refractivity contribution in [2.24, 2.45) is 0 Å². The normalized spacial score (nSPS) is 13.4. The fraction of sp³-hybridized carbons (Fsp3) is 0.357. The van der Waals surface area contributed by atoms with Crippen molar-refractivity contribution >= 4 is 52.2 Å². The van der Waals surface area contributed by atoms with Crippen LogP contribution in [0.1, 0.15) is 26.3 Å². The monoisotopic (exact) mass is 364 g/mol. The lowest BCUT2D eigenvalue weighted by atomic mass is 10.1. The van der Waals surface area contributed by atoms with Crippen LogP contribution < -0.4 is 0 Å². The summed E-state index contributed by atoms with van der Waals surface area (Å²) in [4.78, 5) is 16.1. The molecule has 0 unspecified atom stereocenters. The van der Waals surface area contributed by atoms with E-state index in [1.165, 1.54) is 24.5 Å². The van der Waals surface area contributed by atoms with Gasteiger partial charge < -0.3 is 9.84 Å². The van der Waals surface area contributed by atoms with E-state index in [4.69, 9.17) is 44.9 Å². The number of nitrogens with zero attached hydrogens (tertiary/aromatic N) is 1. The van der Waals surface area contributed by atoms with Crippen molar-refractivity contribution in [2.75, 3.05) is 0 Å². The van der Waals surface area contributed by atoms with Crippen LogP contribution >= 0.6 is 34.8 Å². The molecule has 1 rings (SSSR count). The van der Waals surface area contributed by atoms with Gasteiger partial charge in [0.05, 0.1) is 0 Å². The average molecular weight is 366 g/mol. The van der Waals surface area contributed by atoms with Gasteiger partial charge in [0.15, 0.2) is 0 Å². The van der Waals surface area contributed by atoms with Gasteiger partial charge in [-0.15, -0.1) is 0 Å². The molecule has 0 atom stereocenters. The van der Waals surface area contributed by atoms with Crippen LogP contribution in [0.5, 0.6) is 0 Å². The fourth-order valence-electron chi connectivity index (χ4n) is 1.44. The summed E-state index contributed by atoms with van der Waals surface area (Å²) in [6, 6.07) is 2.90. The zero-order chi connectivity index (χ0) is 17.1. The van der Waals surface area contributed by atoms with Crippen LogP contribution in [0.2, 0.25) is 0 Å². The van der Waals surface area contributed by atoms with E-state index in [0.29, 0.717) is 0 Å². The molecule has 0 aliphatic rings. The second-order valence-electron chi connectivity index (χ2n) is 5.33. The molecule has 1 heterocycles. The highest BCUT2D eigenvalue weighted by Gasteiger charge is 2.37. The van der Waals surface area contributed by atoms with Crippen molar-refractivity contribution in [1.82, 2.24) is 4.98 Å². The molecule has 0 spiro atoms. The third kappa shape index (κ3) is 5.16. The average Bonchev–Trinajstić information content (AvgIpc) is 2.36. The number of halogens is 3. The van der Waals surface area contributed by atoms with Crippen molar-refractivity contribution in [2.45, 2.75) is 30.2 Å². The van der Waals surface area contributed by atoms with Gasteiger partial charge in [0.25, 0.3) is 0 Å². The van der Waals surface area contributed by atoms with E-state index in [1.807, 2.05) is 0 Å². The van der Waals surface area contributed by atoms with Crippen molar-refractivity contribution < 1.29 is 14.6 Å². The van der Waals surface area contributed by atoms with E-state index in [1.54, 1.807) is 20.8 Å². The van der Waals surface area contributed by atoms with Crippen LogP contribution in [-0.2, 0) is 9.53 Å². The predicted octanol–water partition coefficient (Wildman–Crippen LogP) is 4.08. The maximum atomic E-state index is 12.3. The molecule has 5 nitrogen and oxygen atoms in total. The van der Waals surface area contributed by atoms with Gasteiger partial charge >= 0.3 is 5.97 Å². The van der Waals surface area contributed by atoms with Crippen molar-refractivity contribution in [1.29, 1.82) is 5.41 Å². The summed E-state index contributed by atoms with van der Waals surface area (Å²) in [6.45, 7) is 4.93. The first-order valence-corrected chi connectivity index (χ1v) is 7.30. The maximum absolute atomic E-state index is 12.3. The lowest BCUT2D eigenvalue weighted by molar-refractivity contribution is -0.149. The minimum absolute atomic E-state index is 0.245. The first-order valence-electron chi connectivity index (χ1n) is 6.16. The summed E-state index contributed by atoms with van der Waals surface area (Å²) in [5, 5.41) is 18.2. The van der Waals surface area contributed by atoms with Gasteiger partial charge in [-0.1, -0.05) is 34.8 Å². The number of nitrogens with one attached hydrogen (secondary N) is 1. The first-order chi connectivity index (χ1) is 9.93. The quantitative estimate of drug-likeness (QED) is 0.278. The van der Waals surface area contributed by atoms with E-state index >= 15 is 0 Å². The van der Waals surface area contributed by atoms with Crippen molar-refractivity contribution in [3.05, 3.63) is 35.7 Å². The zero-order valence-electron chi connectivity index (χ0n) is 12.2. The minimum atomic E-state index is -2.19. The molecule has 0 amide bonds. The third-order valence-electron chi connectivity index (χ3n) is 2.33. The molecule has 0 saturated carbocycles. The standard InChI is InChI=1S/C14H15Cl3N2O3/c1-13(2,3)22-12(21)9(11(18)14(15,16)17)10(20)8-4-6-19-7-5-8/h4-7,18,20H,1-3H3/b10-9+,18-11?. The largest absolute Gasteiger partial charge is 0.506 e. The SMILES string of the molecule is CC(C)(C)OC(=O)/C(C(=N)C(Cl)(Cl)Cl)=C(/O)c1ccncc1. The number of carbonyl (C=O) groups is 1. The molecular formula is C14H15Cl3N2O3. The van der Waals surface area contributed by atoms with Gasteiger partial charge in [-0.25, -0.2) is 4.79 Å². The van der Waals surface area contributed by atoms with Gasteiger partial charge in [-0.3, -0.25) is 10.4 Å². The number of hydrogen-bond acceptors (Lipinski definition) is 5. The number of esters is 1. The highest BCUT2D eigenvalue weighted by atomic mass is 35.6. The Morgan fingerprint density at radius 1 is 1.23 bits per heavy atom. The van der Waals surface area contributed by atoms with E-state index in [9.17, 15) is 9.90 Å². The molecule has 0 saturated heterocycles. The first kappa shape index (κ1) is 18.7. The van der Waals surface area contributed by atoms with Gasteiger partial charge in [0, 0.05) is 18.0 Å². The van der Waals surface area contributed by atoms with Crippen LogP contribution in [0.15, 0.2) is 30.1 Å². The van der Waals surface area contributed by atoms with Crippen LogP contribution in [0.4, 0.5) is 0 Å². The minimum Gasteiger partial charge on any atom is -0.506 e. The summed E-state index contributed by atoms with van der Waals surface area (Å²) in [5.41, 5.74) is -1.79. The van der Waals surface area contributed by atoms with E-state index in [2.05, 4.69) is 4.98 Å². The third-order valence-corrected chi connectivity index (χ3v) is 2.89. The lowest BCUT2D eigenvalue weighted by Gasteiger charge is -2.23. The fourth-order valence-corrected chi connectivity index (χ4v) is 1.73. The molecule has 0 fully saturated rings. The number of ether oxygens (including phenoxy) is 1. The Kier molecular flexibility index (Phi) is 5.84. The number of aliphatic hydroxyl groups excluding tert-OH is 1. The summed E-state index contributed by atoms with van der Waals surface area (Å²) < 4.78 is 2.98. The Balaban J connectivity index is 3.41. The number of hydrogen-bond donors (Lipinski definition) is 2. The zero-order valence-corrected chi connectivity index (χ0v) is 14.4. The number of alkyl halides is 3. The van der Waals surface area contributed by atoms with Crippen molar-refractivity contribution in [3.8, 4) is 0 Å². The maximum Gasteiger partial charge on any atom is 0.344 e. The molecule has 22 heavy (non-hydrogen) atoms. The molecule has 2 N–H and O–H groups in total. The number of aliphatic hydroxyl groups is 1. The van der Waals surface area contributed by atoms with Gasteiger partial charge in [0.2, 0.25) is 3.79 Å². The number of aromatic nitrogens is 1. The Labute approximate surface area is 143 Å². The summed E-state index contributed by atoms with van der Waals surface area (Å²) >= 11 is 17.0. The molecule has 0 bridgehead atoms. The number of pyridine rings is 1. The van der Waals surface area contributed by atoms with Crippen molar-refractivity contribution in [3.63, 3.8) is 0 Å². The molecule has 1 aromatic heterocycles. The van der Waals surface area contributed by atoms with Crippen LogP contribution in [-0.4, -0.2) is 31.2 Å². The molecule has 8 heteroatoms. The molecule has 1 aromatic rings. The van der Waals surface area contributed by atoms with E-state index in [0.717, 1.165) is 0 Å². The molecule has 0 aliphatic heterocycles. The van der Waals surface area contributed by atoms with E-state index in [-0.39, 0.29) is 5.56 Å².